The number of anilines is 1. The van der Waals surface area contributed by atoms with Gasteiger partial charge in [0.15, 0.2) is 0 Å². The molecule has 0 aliphatic rings. The highest BCUT2D eigenvalue weighted by molar-refractivity contribution is 9.10. The summed E-state index contributed by atoms with van der Waals surface area (Å²) < 4.78 is 40.5. The third-order valence-corrected chi connectivity index (χ3v) is 4.42. The average molecular weight is 374 g/mol. The first kappa shape index (κ1) is 15.5. The van der Waals surface area contributed by atoms with Gasteiger partial charge in [-0.2, -0.15) is 0 Å². The molecule has 0 bridgehead atoms. The molecule has 0 aromatic heterocycles. The molecule has 110 valence electrons. The van der Waals surface area contributed by atoms with Crippen LogP contribution in [0.15, 0.2) is 51.8 Å². The first-order valence-corrected chi connectivity index (χ1v) is 7.88. The largest absolute Gasteiger partial charge is 0.478 e. The maximum absolute atomic E-state index is 13.7. The first-order valence-electron chi connectivity index (χ1n) is 5.61. The van der Waals surface area contributed by atoms with Crippen molar-refractivity contribution in [1.82, 2.24) is 0 Å². The molecule has 0 saturated carbocycles. The number of carbonyl (C=O) groups is 1. The van der Waals surface area contributed by atoms with Crippen LogP contribution < -0.4 is 4.72 Å². The van der Waals surface area contributed by atoms with Crippen molar-refractivity contribution in [3.8, 4) is 0 Å². The third kappa shape index (κ3) is 3.59. The van der Waals surface area contributed by atoms with Gasteiger partial charge in [0.25, 0.3) is 10.0 Å². The van der Waals surface area contributed by atoms with E-state index in [0.717, 1.165) is 12.1 Å². The van der Waals surface area contributed by atoms with Gasteiger partial charge >= 0.3 is 5.97 Å². The van der Waals surface area contributed by atoms with Gasteiger partial charge in [-0.15, -0.1) is 0 Å². The second-order valence-electron chi connectivity index (χ2n) is 4.06. The number of nitrogens with one attached hydrogen (secondary N) is 1. The third-order valence-electron chi connectivity index (χ3n) is 2.57. The van der Waals surface area contributed by atoms with Crippen molar-refractivity contribution < 1.29 is 22.7 Å². The van der Waals surface area contributed by atoms with E-state index in [2.05, 4.69) is 20.7 Å². The number of aromatic carboxylic acids is 1. The van der Waals surface area contributed by atoms with E-state index in [1.165, 1.54) is 30.3 Å². The summed E-state index contributed by atoms with van der Waals surface area (Å²) in [4.78, 5) is 10.6. The smallest absolute Gasteiger partial charge is 0.335 e. The van der Waals surface area contributed by atoms with Gasteiger partial charge in [0.1, 0.15) is 5.82 Å². The molecule has 0 heterocycles. The lowest BCUT2D eigenvalue weighted by Gasteiger charge is -2.09. The molecule has 0 spiro atoms. The quantitative estimate of drug-likeness (QED) is 0.862. The minimum atomic E-state index is -4.07. The fraction of sp³-hybridized carbons (Fsp3) is 0. The molecule has 2 rings (SSSR count). The number of benzene rings is 2. The Bertz CT molecular complexity index is 808. The Labute approximate surface area is 128 Å². The van der Waals surface area contributed by atoms with Crippen LogP contribution in [0.3, 0.4) is 0 Å². The van der Waals surface area contributed by atoms with Gasteiger partial charge in [0.05, 0.1) is 16.1 Å². The fourth-order valence-corrected chi connectivity index (χ4v) is 3.02. The van der Waals surface area contributed by atoms with Crippen LogP contribution in [0.4, 0.5) is 10.1 Å². The number of rotatable bonds is 4. The lowest BCUT2D eigenvalue weighted by atomic mass is 10.2. The van der Waals surface area contributed by atoms with Crippen molar-refractivity contribution >= 4 is 37.6 Å². The molecule has 0 fully saturated rings. The van der Waals surface area contributed by atoms with Crippen LogP contribution in [0.1, 0.15) is 10.4 Å². The van der Waals surface area contributed by atoms with Gasteiger partial charge in [0, 0.05) is 4.47 Å². The van der Waals surface area contributed by atoms with E-state index in [0.29, 0.717) is 4.47 Å². The molecule has 0 aliphatic carbocycles. The second-order valence-corrected chi connectivity index (χ2v) is 6.66. The van der Waals surface area contributed by atoms with Gasteiger partial charge in [-0.3, -0.25) is 4.72 Å². The summed E-state index contributed by atoms with van der Waals surface area (Å²) in [7, 11) is -4.07. The number of halogens is 2. The Hall–Kier alpha value is -1.93. The van der Waals surface area contributed by atoms with Crippen molar-refractivity contribution in [1.29, 1.82) is 0 Å². The summed E-state index contributed by atoms with van der Waals surface area (Å²) in [6, 6.07) is 8.66. The monoisotopic (exact) mass is 373 g/mol. The topological polar surface area (TPSA) is 83.5 Å². The molecule has 2 aromatic carbocycles. The molecule has 8 heteroatoms. The summed E-state index contributed by atoms with van der Waals surface area (Å²) in [6.45, 7) is 0. The molecule has 21 heavy (non-hydrogen) atoms. The van der Waals surface area contributed by atoms with Crippen molar-refractivity contribution in [2.75, 3.05) is 4.72 Å². The molecule has 0 unspecified atom stereocenters. The van der Waals surface area contributed by atoms with Crippen molar-refractivity contribution in [3.05, 3.63) is 58.3 Å². The number of hydrogen-bond acceptors (Lipinski definition) is 3. The van der Waals surface area contributed by atoms with Crippen LogP contribution in [0.25, 0.3) is 0 Å². The summed E-state index contributed by atoms with van der Waals surface area (Å²) >= 11 is 3.06. The van der Waals surface area contributed by atoms with E-state index >= 15 is 0 Å². The highest BCUT2D eigenvalue weighted by atomic mass is 79.9. The number of hydrogen-bond donors (Lipinski definition) is 2. The molecule has 0 saturated heterocycles. The van der Waals surface area contributed by atoms with Crippen LogP contribution in [-0.4, -0.2) is 19.5 Å². The van der Waals surface area contributed by atoms with Crippen LogP contribution in [0.5, 0.6) is 0 Å². The van der Waals surface area contributed by atoms with Gasteiger partial charge < -0.3 is 5.11 Å². The molecule has 2 aromatic rings. The van der Waals surface area contributed by atoms with Crippen LogP contribution in [0, 0.1) is 5.82 Å². The summed E-state index contributed by atoms with van der Waals surface area (Å²) in [5, 5.41) is 8.86. The lowest BCUT2D eigenvalue weighted by molar-refractivity contribution is 0.0696. The predicted octanol–water partition coefficient (Wildman–Crippen LogP) is 3.09. The van der Waals surface area contributed by atoms with Gasteiger partial charge in [0.2, 0.25) is 0 Å². The second kappa shape index (κ2) is 5.82. The Morgan fingerprint density at radius 2 is 1.90 bits per heavy atom. The molecule has 2 N–H and O–H groups in total. The highest BCUT2D eigenvalue weighted by Crippen LogP contribution is 2.22. The minimum absolute atomic E-state index is 0.172. The van der Waals surface area contributed by atoms with E-state index in [1.54, 1.807) is 0 Å². The molecule has 0 atom stereocenters. The normalized spacial score (nSPS) is 11.1. The molecule has 0 amide bonds. The van der Waals surface area contributed by atoms with E-state index in [9.17, 15) is 17.6 Å². The summed E-state index contributed by atoms with van der Waals surface area (Å²) in [5.41, 5.74) is -0.395. The van der Waals surface area contributed by atoms with Crippen molar-refractivity contribution in [2.24, 2.45) is 0 Å². The first-order chi connectivity index (χ1) is 9.79. The van der Waals surface area contributed by atoms with Gasteiger partial charge in [-0.05, 0) is 36.4 Å². The SMILES string of the molecule is O=C(O)c1cccc(S(=O)(=O)Nc2ccc(Br)cc2F)c1. The number of carboxylic acids is 1. The standard InChI is InChI=1S/C13H9BrFNO4S/c14-9-4-5-12(11(15)7-9)16-21(19,20)10-3-1-2-8(6-10)13(17)18/h1-7,16H,(H,17,18). The zero-order valence-electron chi connectivity index (χ0n) is 10.4. The lowest BCUT2D eigenvalue weighted by Crippen LogP contribution is -2.14. The Morgan fingerprint density at radius 3 is 2.52 bits per heavy atom. The van der Waals surface area contributed by atoms with Crippen LogP contribution in [-0.2, 0) is 10.0 Å². The maximum Gasteiger partial charge on any atom is 0.335 e. The van der Waals surface area contributed by atoms with Crippen LogP contribution >= 0.6 is 15.9 Å². The maximum atomic E-state index is 13.7. The average Bonchev–Trinajstić information content (AvgIpc) is 2.42. The minimum Gasteiger partial charge on any atom is -0.478 e. The summed E-state index contributed by atoms with van der Waals surface area (Å²) in [5.74, 6) is -2.00. The van der Waals surface area contributed by atoms with E-state index < -0.39 is 21.8 Å². The van der Waals surface area contributed by atoms with E-state index in [-0.39, 0.29) is 16.1 Å². The zero-order chi connectivity index (χ0) is 15.6. The molecular weight excluding hydrogens is 365 g/mol. The highest BCUT2D eigenvalue weighted by Gasteiger charge is 2.18. The number of carboxylic acid groups (broad SMARTS) is 1. The molecule has 0 aliphatic heterocycles. The van der Waals surface area contributed by atoms with E-state index in [1.807, 2.05) is 0 Å². The predicted molar refractivity (Wildman–Crippen MR) is 78.3 cm³/mol. The van der Waals surface area contributed by atoms with Gasteiger partial charge in [-0.1, -0.05) is 22.0 Å². The van der Waals surface area contributed by atoms with Gasteiger partial charge in [-0.25, -0.2) is 17.6 Å². The molecular formula is C13H9BrFNO4S. The Morgan fingerprint density at radius 1 is 1.19 bits per heavy atom. The van der Waals surface area contributed by atoms with Crippen molar-refractivity contribution in [2.45, 2.75) is 4.90 Å². The van der Waals surface area contributed by atoms with Crippen molar-refractivity contribution in [3.63, 3.8) is 0 Å². The zero-order valence-corrected chi connectivity index (χ0v) is 12.8. The molecule has 0 radical (unpaired) electrons. The summed E-state index contributed by atoms with van der Waals surface area (Å²) in [6.07, 6.45) is 0. The number of sulfonamides is 1. The fourth-order valence-electron chi connectivity index (χ4n) is 1.57. The Kier molecular flexibility index (Phi) is 4.29. The molecule has 5 nitrogen and oxygen atoms in total. The van der Waals surface area contributed by atoms with E-state index in [4.69, 9.17) is 5.11 Å². The Balaban J connectivity index is 2.38. The van der Waals surface area contributed by atoms with Crippen LogP contribution in [0.2, 0.25) is 0 Å².